The molecular formula is C22H24N4O. The van der Waals surface area contributed by atoms with Crippen molar-refractivity contribution in [3.05, 3.63) is 95.8 Å². The summed E-state index contributed by atoms with van der Waals surface area (Å²) in [6.45, 7) is 1.70. The summed E-state index contributed by atoms with van der Waals surface area (Å²) in [6.07, 6.45) is 2.67. The van der Waals surface area contributed by atoms with E-state index in [0.29, 0.717) is 19.1 Å². The van der Waals surface area contributed by atoms with Crippen molar-refractivity contribution in [1.29, 1.82) is 0 Å². The Morgan fingerprint density at radius 2 is 1.78 bits per heavy atom. The lowest BCUT2D eigenvalue weighted by atomic mass is 10.1. The number of nitrogens with two attached hydrogens (primary N) is 1. The van der Waals surface area contributed by atoms with Gasteiger partial charge < -0.3 is 15.8 Å². The molecule has 2 aromatic carbocycles. The summed E-state index contributed by atoms with van der Waals surface area (Å²) in [4.78, 5) is 8.65. The number of nitrogens with one attached hydrogen (secondary N) is 1. The molecule has 0 atom stereocenters. The van der Waals surface area contributed by atoms with Gasteiger partial charge >= 0.3 is 0 Å². The van der Waals surface area contributed by atoms with Crippen molar-refractivity contribution in [3.8, 4) is 5.75 Å². The highest BCUT2D eigenvalue weighted by molar-refractivity contribution is 5.77. The Kier molecular flexibility index (Phi) is 6.81. The summed E-state index contributed by atoms with van der Waals surface area (Å²) in [5.74, 6) is 1.25. The number of guanidine groups is 1. The van der Waals surface area contributed by atoms with E-state index in [9.17, 15) is 0 Å². The average Bonchev–Trinajstić information content (AvgIpc) is 2.73. The smallest absolute Gasteiger partial charge is 0.188 e. The van der Waals surface area contributed by atoms with Crippen LogP contribution in [0.4, 0.5) is 0 Å². The fourth-order valence-corrected chi connectivity index (χ4v) is 2.59. The van der Waals surface area contributed by atoms with Crippen molar-refractivity contribution in [2.45, 2.75) is 19.6 Å². The van der Waals surface area contributed by atoms with Crippen LogP contribution in [0.15, 0.2) is 84.0 Å². The molecule has 3 rings (SSSR count). The number of rotatable bonds is 8. The van der Waals surface area contributed by atoms with Gasteiger partial charge in [-0.2, -0.15) is 0 Å². The minimum atomic E-state index is 0.441. The highest BCUT2D eigenvalue weighted by atomic mass is 16.5. The Balaban J connectivity index is 1.46. The molecule has 0 radical (unpaired) electrons. The number of benzene rings is 2. The van der Waals surface area contributed by atoms with E-state index >= 15 is 0 Å². The molecule has 0 aliphatic rings. The molecule has 0 saturated heterocycles. The Hall–Kier alpha value is -3.34. The van der Waals surface area contributed by atoms with Crippen LogP contribution in [0.3, 0.4) is 0 Å². The number of ether oxygens (including phenoxy) is 1. The molecule has 0 amide bonds. The minimum Gasteiger partial charge on any atom is -0.487 e. The number of nitrogens with zero attached hydrogens (tertiary/aromatic N) is 2. The van der Waals surface area contributed by atoms with E-state index in [-0.39, 0.29) is 0 Å². The van der Waals surface area contributed by atoms with Gasteiger partial charge in [-0.05, 0) is 41.8 Å². The van der Waals surface area contributed by atoms with Gasteiger partial charge in [0, 0.05) is 12.7 Å². The second-order valence-corrected chi connectivity index (χ2v) is 6.12. The maximum Gasteiger partial charge on any atom is 0.188 e. The summed E-state index contributed by atoms with van der Waals surface area (Å²) < 4.78 is 5.80. The molecule has 0 saturated carbocycles. The normalized spacial score (nSPS) is 11.2. The van der Waals surface area contributed by atoms with Crippen LogP contribution in [0.1, 0.15) is 16.8 Å². The lowest BCUT2D eigenvalue weighted by Crippen LogP contribution is -2.33. The Morgan fingerprint density at radius 3 is 2.59 bits per heavy atom. The lowest BCUT2D eigenvalue weighted by Gasteiger charge is -2.08. The fraction of sp³-hybridized carbons (Fsp3) is 0.182. The van der Waals surface area contributed by atoms with Crippen molar-refractivity contribution in [2.75, 3.05) is 6.54 Å². The van der Waals surface area contributed by atoms with Gasteiger partial charge in [0.1, 0.15) is 12.4 Å². The second kappa shape index (κ2) is 9.97. The molecule has 3 N–H and O–H groups in total. The van der Waals surface area contributed by atoms with Crippen LogP contribution in [0.2, 0.25) is 0 Å². The zero-order valence-electron chi connectivity index (χ0n) is 15.2. The molecule has 0 unspecified atom stereocenters. The Bertz CT molecular complexity index is 850. The standard InChI is InChI=1S/C22H24N4O/c23-22(25-14-12-18-7-2-1-3-8-18)26-16-19-9-6-11-21(15-19)27-17-20-10-4-5-13-24-20/h1-11,13,15H,12,14,16-17H2,(H3,23,25,26). The van der Waals surface area contributed by atoms with Gasteiger partial charge in [0.05, 0.1) is 12.2 Å². The predicted molar refractivity (Wildman–Crippen MR) is 108 cm³/mol. The third kappa shape index (κ3) is 6.47. The zero-order chi connectivity index (χ0) is 18.7. The first kappa shape index (κ1) is 18.5. The van der Waals surface area contributed by atoms with Crippen molar-refractivity contribution in [1.82, 2.24) is 10.3 Å². The third-order valence-electron chi connectivity index (χ3n) is 4.01. The van der Waals surface area contributed by atoms with Gasteiger partial charge in [-0.3, -0.25) is 4.98 Å². The van der Waals surface area contributed by atoms with Crippen molar-refractivity contribution < 1.29 is 4.74 Å². The monoisotopic (exact) mass is 360 g/mol. The molecule has 1 aromatic heterocycles. The molecule has 5 heteroatoms. The molecule has 0 aliphatic carbocycles. The van der Waals surface area contributed by atoms with Crippen molar-refractivity contribution in [3.63, 3.8) is 0 Å². The molecule has 0 fully saturated rings. The highest BCUT2D eigenvalue weighted by Gasteiger charge is 2.00. The quantitative estimate of drug-likeness (QED) is 0.477. The van der Waals surface area contributed by atoms with Crippen LogP contribution in [-0.4, -0.2) is 17.5 Å². The van der Waals surface area contributed by atoms with Crippen LogP contribution in [0, 0.1) is 0 Å². The lowest BCUT2D eigenvalue weighted by molar-refractivity contribution is 0.301. The van der Waals surface area contributed by atoms with E-state index < -0.39 is 0 Å². The molecular weight excluding hydrogens is 336 g/mol. The Morgan fingerprint density at radius 1 is 0.963 bits per heavy atom. The number of hydrogen-bond acceptors (Lipinski definition) is 3. The van der Waals surface area contributed by atoms with Gasteiger partial charge in [-0.15, -0.1) is 0 Å². The zero-order valence-corrected chi connectivity index (χ0v) is 15.2. The predicted octanol–water partition coefficient (Wildman–Crippen LogP) is 3.31. The van der Waals surface area contributed by atoms with Crippen molar-refractivity contribution >= 4 is 5.96 Å². The molecule has 138 valence electrons. The van der Waals surface area contributed by atoms with Crippen molar-refractivity contribution in [2.24, 2.45) is 10.7 Å². The number of aromatic nitrogens is 1. The van der Waals surface area contributed by atoms with Crippen LogP contribution < -0.4 is 15.8 Å². The topological polar surface area (TPSA) is 72.5 Å². The summed E-state index contributed by atoms with van der Waals surface area (Å²) in [5, 5.41) is 3.15. The molecule has 27 heavy (non-hydrogen) atoms. The molecule has 0 spiro atoms. The third-order valence-corrected chi connectivity index (χ3v) is 4.01. The van der Waals surface area contributed by atoms with Crippen LogP contribution >= 0.6 is 0 Å². The fourth-order valence-electron chi connectivity index (χ4n) is 2.59. The second-order valence-electron chi connectivity index (χ2n) is 6.12. The van der Waals surface area contributed by atoms with E-state index in [2.05, 4.69) is 27.4 Å². The molecule has 5 nitrogen and oxygen atoms in total. The van der Waals surface area contributed by atoms with E-state index in [4.69, 9.17) is 10.5 Å². The number of aliphatic imine (C=N–C) groups is 1. The maximum atomic E-state index is 5.96. The highest BCUT2D eigenvalue weighted by Crippen LogP contribution is 2.15. The number of hydrogen-bond donors (Lipinski definition) is 2. The SMILES string of the molecule is NC(=NCc1cccc(OCc2ccccn2)c1)NCCc1ccccc1. The molecule has 0 bridgehead atoms. The van der Waals surface area contributed by atoms with E-state index in [1.165, 1.54) is 5.56 Å². The summed E-state index contributed by atoms with van der Waals surface area (Å²) in [7, 11) is 0. The van der Waals surface area contributed by atoms with E-state index in [0.717, 1.165) is 30.0 Å². The molecule has 1 heterocycles. The van der Waals surface area contributed by atoms with E-state index in [1.54, 1.807) is 6.20 Å². The first-order valence-corrected chi connectivity index (χ1v) is 8.99. The Labute approximate surface area is 159 Å². The first-order valence-electron chi connectivity index (χ1n) is 8.99. The summed E-state index contributed by atoms with van der Waals surface area (Å²) >= 11 is 0. The van der Waals surface area contributed by atoms with Crippen LogP contribution in [-0.2, 0) is 19.6 Å². The molecule has 0 aliphatic heterocycles. The first-order chi connectivity index (χ1) is 13.3. The van der Waals surface area contributed by atoms with Gasteiger partial charge in [0.2, 0.25) is 0 Å². The van der Waals surface area contributed by atoms with Crippen LogP contribution in [0.25, 0.3) is 0 Å². The molecule has 3 aromatic rings. The van der Waals surface area contributed by atoms with Crippen LogP contribution in [0.5, 0.6) is 5.75 Å². The van der Waals surface area contributed by atoms with Gasteiger partial charge in [0.15, 0.2) is 5.96 Å². The minimum absolute atomic E-state index is 0.441. The largest absolute Gasteiger partial charge is 0.487 e. The van der Waals surface area contributed by atoms with Gasteiger partial charge in [-0.1, -0.05) is 48.5 Å². The van der Waals surface area contributed by atoms with E-state index in [1.807, 2.05) is 60.7 Å². The summed E-state index contributed by atoms with van der Waals surface area (Å²) in [6, 6.07) is 23.9. The summed E-state index contributed by atoms with van der Waals surface area (Å²) in [5.41, 5.74) is 9.17. The maximum absolute atomic E-state index is 5.96. The van der Waals surface area contributed by atoms with Gasteiger partial charge in [0.25, 0.3) is 0 Å². The number of pyridine rings is 1. The average molecular weight is 360 g/mol. The van der Waals surface area contributed by atoms with Gasteiger partial charge in [-0.25, -0.2) is 4.99 Å².